The van der Waals surface area contributed by atoms with Gasteiger partial charge < -0.3 is 5.11 Å². The molecule has 0 atom stereocenters. The molecule has 0 amide bonds. The first-order valence-corrected chi connectivity index (χ1v) is 13.6. The smallest absolute Gasteiger partial charge is 0.139 e. The van der Waals surface area contributed by atoms with Crippen molar-refractivity contribution in [2.75, 3.05) is 0 Å². The molecule has 3 heterocycles. The van der Waals surface area contributed by atoms with E-state index in [1.165, 1.54) is 11.1 Å². The number of rotatable bonds is 6. The van der Waals surface area contributed by atoms with Crippen LogP contribution in [0.5, 0.6) is 5.75 Å². The molecule has 0 saturated carbocycles. The Labute approximate surface area is 250 Å². The van der Waals surface area contributed by atoms with Crippen molar-refractivity contribution in [1.29, 1.82) is 0 Å². The molecule has 3 aromatic carbocycles. The van der Waals surface area contributed by atoms with E-state index in [1.54, 1.807) is 6.07 Å². The Morgan fingerprint density at radius 3 is 2.38 bits per heavy atom. The van der Waals surface area contributed by atoms with E-state index < -0.39 is 0 Å². The average molecular weight is 706 g/mol. The SMILES string of the molecule is CCc1ccc2c(c1)c1cc(CC)c(-c3[c-]c(C(C)(C)c4ccccn4)ccc3)nc1n2-c1ccccc1O.[Pt]. The Bertz CT molecular complexity index is 1820. The molecule has 0 aliphatic carbocycles. The summed E-state index contributed by atoms with van der Waals surface area (Å²) in [5.41, 5.74) is 8.66. The molecule has 5 heteroatoms. The summed E-state index contributed by atoms with van der Waals surface area (Å²) < 4.78 is 2.09. The van der Waals surface area contributed by atoms with E-state index in [2.05, 4.69) is 91.8 Å². The third-order valence-electron chi connectivity index (χ3n) is 7.83. The summed E-state index contributed by atoms with van der Waals surface area (Å²) in [6.07, 6.45) is 3.64. The summed E-state index contributed by atoms with van der Waals surface area (Å²) in [6.45, 7) is 8.72. The van der Waals surface area contributed by atoms with Crippen LogP contribution in [0.4, 0.5) is 0 Å². The summed E-state index contributed by atoms with van der Waals surface area (Å²) >= 11 is 0. The molecule has 0 fully saturated rings. The summed E-state index contributed by atoms with van der Waals surface area (Å²) in [5, 5.41) is 13.1. The number of fused-ring (bicyclic) bond motifs is 3. The number of benzene rings is 3. The molecule has 6 aromatic rings. The first-order valence-electron chi connectivity index (χ1n) is 13.6. The number of aromatic hydroxyl groups is 1. The largest absolute Gasteiger partial charge is 0.506 e. The molecule has 0 aliphatic heterocycles. The van der Waals surface area contributed by atoms with Crippen LogP contribution >= 0.6 is 0 Å². The molecule has 0 radical (unpaired) electrons. The number of hydrogen-bond donors (Lipinski definition) is 1. The van der Waals surface area contributed by atoms with E-state index in [4.69, 9.17) is 4.98 Å². The van der Waals surface area contributed by atoms with Gasteiger partial charge in [0.25, 0.3) is 0 Å². The van der Waals surface area contributed by atoms with Crippen molar-refractivity contribution in [3.63, 3.8) is 0 Å². The van der Waals surface area contributed by atoms with E-state index >= 15 is 0 Å². The number of phenols is 1. The summed E-state index contributed by atoms with van der Waals surface area (Å²) in [6, 6.07) is 32.4. The Kier molecular flexibility index (Phi) is 7.66. The van der Waals surface area contributed by atoms with Gasteiger partial charge in [-0.05, 0) is 60.5 Å². The van der Waals surface area contributed by atoms with Gasteiger partial charge in [0.15, 0.2) is 0 Å². The minimum atomic E-state index is -0.310. The van der Waals surface area contributed by atoms with Gasteiger partial charge in [0, 0.05) is 49.1 Å². The molecule has 0 saturated heterocycles. The van der Waals surface area contributed by atoms with Crippen LogP contribution in [0.15, 0.2) is 91.1 Å². The van der Waals surface area contributed by atoms with Crippen LogP contribution in [0.1, 0.15) is 50.1 Å². The molecular formula is C35H32N3OPt-. The van der Waals surface area contributed by atoms with Crippen LogP contribution in [-0.2, 0) is 39.3 Å². The van der Waals surface area contributed by atoms with E-state index in [1.807, 2.05) is 36.5 Å². The molecule has 40 heavy (non-hydrogen) atoms. The van der Waals surface area contributed by atoms with Gasteiger partial charge in [-0.25, -0.2) is 0 Å². The van der Waals surface area contributed by atoms with Crippen LogP contribution in [0.3, 0.4) is 0 Å². The Hall–Kier alpha value is -3.75. The van der Waals surface area contributed by atoms with Gasteiger partial charge in [-0.1, -0.05) is 63.6 Å². The summed E-state index contributed by atoms with van der Waals surface area (Å²) in [4.78, 5) is 9.96. The third-order valence-corrected chi connectivity index (χ3v) is 7.83. The molecule has 4 nitrogen and oxygen atoms in total. The van der Waals surface area contributed by atoms with E-state index in [0.717, 1.165) is 63.0 Å². The quantitative estimate of drug-likeness (QED) is 0.178. The number of hydrogen-bond acceptors (Lipinski definition) is 3. The van der Waals surface area contributed by atoms with Crippen LogP contribution in [0, 0.1) is 6.07 Å². The maximum absolute atomic E-state index is 10.9. The van der Waals surface area contributed by atoms with Crippen molar-refractivity contribution in [2.45, 2.75) is 46.0 Å². The Morgan fingerprint density at radius 1 is 0.850 bits per heavy atom. The number of nitrogens with zero attached hydrogens (tertiary/aromatic N) is 3. The average Bonchev–Trinajstić information content (AvgIpc) is 3.29. The maximum atomic E-state index is 10.9. The zero-order valence-electron chi connectivity index (χ0n) is 23.2. The van der Waals surface area contributed by atoms with Gasteiger partial charge >= 0.3 is 0 Å². The number of aryl methyl sites for hydroxylation is 2. The molecule has 204 valence electrons. The predicted octanol–water partition coefficient (Wildman–Crippen LogP) is 8.19. The minimum Gasteiger partial charge on any atom is -0.506 e. The van der Waals surface area contributed by atoms with Gasteiger partial charge in [0.05, 0.1) is 11.2 Å². The van der Waals surface area contributed by atoms with Crippen LogP contribution in [-0.4, -0.2) is 19.6 Å². The van der Waals surface area contributed by atoms with Crippen LogP contribution < -0.4 is 0 Å². The van der Waals surface area contributed by atoms with Gasteiger partial charge in [-0.3, -0.25) is 14.5 Å². The van der Waals surface area contributed by atoms with E-state index in [-0.39, 0.29) is 32.2 Å². The van der Waals surface area contributed by atoms with Crippen molar-refractivity contribution in [2.24, 2.45) is 0 Å². The molecule has 0 bridgehead atoms. The molecule has 1 N–H and O–H groups in total. The second-order valence-corrected chi connectivity index (χ2v) is 10.6. The number of para-hydroxylation sites is 2. The fourth-order valence-corrected chi connectivity index (χ4v) is 5.48. The predicted molar refractivity (Wildman–Crippen MR) is 160 cm³/mol. The molecule has 3 aromatic heterocycles. The number of aromatic nitrogens is 3. The van der Waals surface area contributed by atoms with Gasteiger partial charge in [-0.15, -0.1) is 35.4 Å². The topological polar surface area (TPSA) is 50.9 Å². The fourth-order valence-electron chi connectivity index (χ4n) is 5.48. The monoisotopic (exact) mass is 705 g/mol. The number of pyridine rings is 2. The number of phenolic OH excluding ortho intramolecular Hbond substituents is 1. The molecule has 0 aliphatic rings. The standard InChI is InChI=1S/C35H32N3O.Pt/c1-5-23-17-18-29-27(20-23)28-22-24(6-2)33(37-34(28)38(29)30-14-7-8-15-31(30)39)25-12-11-13-26(21-25)35(3,4)32-16-9-10-19-36-32;/h7-20,22,39H,5-6H2,1-4H3;/q-1;. The first kappa shape index (κ1) is 27.8. The normalized spacial score (nSPS) is 11.6. The summed E-state index contributed by atoms with van der Waals surface area (Å²) in [5.74, 6) is 0.226. The third kappa shape index (κ3) is 4.65. The van der Waals surface area contributed by atoms with Crippen molar-refractivity contribution < 1.29 is 26.2 Å². The molecule has 0 spiro atoms. The minimum absolute atomic E-state index is 0. The van der Waals surface area contributed by atoms with Crippen molar-refractivity contribution in [3.05, 3.63) is 120 Å². The second kappa shape index (κ2) is 11.0. The molecule has 6 rings (SSSR count). The van der Waals surface area contributed by atoms with Crippen molar-refractivity contribution >= 4 is 21.9 Å². The van der Waals surface area contributed by atoms with E-state index in [9.17, 15) is 5.11 Å². The van der Waals surface area contributed by atoms with Gasteiger partial charge in [0.1, 0.15) is 11.4 Å². The van der Waals surface area contributed by atoms with Crippen LogP contribution in [0.2, 0.25) is 0 Å². The van der Waals surface area contributed by atoms with Gasteiger partial charge in [0.2, 0.25) is 0 Å². The molecule has 0 unspecified atom stereocenters. The van der Waals surface area contributed by atoms with Crippen molar-refractivity contribution in [3.8, 4) is 22.7 Å². The van der Waals surface area contributed by atoms with Crippen molar-refractivity contribution in [1.82, 2.24) is 14.5 Å². The zero-order chi connectivity index (χ0) is 27.1. The van der Waals surface area contributed by atoms with E-state index in [0.29, 0.717) is 0 Å². The van der Waals surface area contributed by atoms with Gasteiger partial charge in [-0.2, -0.15) is 0 Å². The second-order valence-electron chi connectivity index (χ2n) is 10.6. The molecular weight excluding hydrogens is 673 g/mol. The maximum Gasteiger partial charge on any atom is 0.139 e. The zero-order valence-corrected chi connectivity index (χ0v) is 25.5. The van der Waals surface area contributed by atoms with Crippen LogP contribution in [0.25, 0.3) is 38.9 Å². The summed E-state index contributed by atoms with van der Waals surface area (Å²) in [7, 11) is 0. The first-order chi connectivity index (χ1) is 18.9. The Morgan fingerprint density at radius 2 is 1.65 bits per heavy atom. The Balaban J connectivity index is 0.00000323. The fraction of sp³-hybridized carbons (Fsp3) is 0.200.